The van der Waals surface area contributed by atoms with E-state index in [1.165, 1.54) is 25.5 Å². The van der Waals surface area contributed by atoms with E-state index >= 15 is 0 Å². The van der Waals surface area contributed by atoms with E-state index in [4.69, 9.17) is 18.6 Å². The van der Waals surface area contributed by atoms with Gasteiger partial charge < -0.3 is 18.6 Å². The molecule has 0 unspecified atom stereocenters. The molecule has 1 aromatic heterocycles. The molecule has 0 bridgehead atoms. The van der Waals surface area contributed by atoms with Gasteiger partial charge in [-0.3, -0.25) is 4.79 Å². The van der Waals surface area contributed by atoms with Gasteiger partial charge in [0.2, 0.25) is 5.78 Å². The van der Waals surface area contributed by atoms with Crippen LogP contribution in [0, 0.1) is 6.92 Å². The number of esters is 1. The Bertz CT molecular complexity index is 1090. The van der Waals surface area contributed by atoms with E-state index in [1.807, 2.05) is 0 Å². The van der Waals surface area contributed by atoms with Crippen molar-refractivity contribution in [1.29, 1.82) is 0 Å². The van der Waals surface area contributed by atoms with E-state index < -0.39 is 5.97 Å². The Balaban J connectivity index is 1.62. The smallest absolute Gasteiger partial charge is 0.347 e. The van der Waals surface area contributed by atoms with Crippen molar-refractivity contribution in [1.82, 2.24) is 0 Å². The van der Waals surface area contributed by atoms with Gasteiger partial charge in [-0.2, -0.15) is 0 Å². The molecular formula is C22H16O6. The number of ether oxygens (including phenoxy) is 3. The molecule has 4 rings (SSSR count). The number of allylic oxidation sites excluding steroid dienone is 1. The highest BCUT2D eigenvalue weighted by molar-refractivity contribution is 6.15. The molecule has 0 radical (unpaired) electrons. The zero-order chi connectivity index (χ0) is 19.7. The lowest BCUT2D eigenvalue weighted by molar-refractivity contribution is 0.0731. The van der Waals surface area contributed by atoms with Crippen LogP contribution in [0.15, 0.2) is 65.0 Å². The average molecular weight is 376 g/mol. The van der Waals surface area contributed by atoms with Crippen molar-refractivity contribution in [2.75, 3.05) is 7.11 Å². The largest absolute Gasteiger partial charge is 0.496 e. The van der Waals surface area contributed by atoms with Crippen LogP contribution in [0.2, 0.25) is 0 Å². The highest BCUT2D eigenvalue weighted by Gasteiger charge is 2.30. The Labute approximate surface area is 160 Å². The summed E-state index contributed by atoms with van der Waals surface area (Å²) in [5, 5.41) is 0. The maximum atomic E-state index is 12.6. The summed E-state index contributed by atoms with van der Waals surface area (Å²) in [6.07, 6.45) is 3.04. The molecule has 28 heavy (non-hydrogen) atoms. The number of furan rings is 1. The number of carbonyl (C=O) groups is 2. The van der Waals surface area contributed by atoms with Crippen LogP contribution >= 0.6 is 0 Å². The average Bonchev–Trinajstić information content (AvgIpc) is 3.30. The third kappa shape index (κ3) is 3.16. The van der Waals surface area contributed by atoms with E-state index in [2.05, 4.69) is 0 Å². The summed E-state index contributed by atoms with van der Waals surface area (Å²) < 4.78 is 21.6. The Morgan fingerprint density at radius 2 is 1.93 bits per heavy atom. The SMILES string of the molecule is COc1ccccc1C(=O)Oc1cc(C)c2c(c1)O/C(=C\c1ccco1)C2=O. The molecule has 6 nitrogen and oxygen atoms in total. The molecule has 0 atom stereocenters. The van der Waals surface area contributed by atoms with Crippen molar-refractivity contribution in [2.24, 2.45) is 0 Å². The van der Waals surface area contributed by atoms with Crippen molar-refractivity contribution in [3.8, 4) is 17.2 Å². The van der Waals surface area contributed by atoms with E-state index in [0.717, 1.165) is 0 Å². The first kappa shape index (κ1) is 17.6. The first-order chi connectivity index (χ1) is 13.6. The second-order valence-electron chi connectivity index (χ2n) is 6.16. The first-order valence-corrected chi connectivity index (χ1v) is 8.54. The fraction of sp³-hybridized carbons (Fsp3) is 0.0909. The van der Waals surface area contributed by atoms with E-state index in [0.29, 0.717) is 33.9 Å². The third-order valence-electron chi connectivity index (χ3n) is 4.30. The molecule has 2 aromatic carbocycles. The van der Waals surface area contributed by atoms with Crippen LogP contribution in [-0.2, 0) is 0 Å². The molecule has 0 fully saturated rings. The Kier molecular flexibility index (Phi) is 4.45. The lowest BCUT2D eigenvalue weighted by atomic mass is 10.0. The lowest BCUT2D eigenvalue weighted by Crippen LogP contribution is -2.10. The number of methoxy groups -OCH3 is 1. The minimum absolute atomic E-state index is 0.154. The molecule has 140 valence electrons. The van der Waals surface area contributed by atoms with Gasteiger partial charge in [0.15, 0.2) is 5.76 Å². The molecule has 6 heteroatoms. The van der Waals surface area contributed by atoms with Gasteiger partial charge in [-0.15, -0.1) is 0 Å². The van der Waals surface area contributed by atoms with Crippen LogP contribution in [0.4, 0.5) is 0 Å². The maximum Gasteiger partial charge on any atom is 0.347 e. The second-order valence-corrected chi connectivity index (χ2v) is 6.16. The van der Waals surface area contributed by atoms with Crippen LogP contribution in [-0.4, -0.2) is 18.9 Å². The summed E-state index contributed by atoms with van der Waals surface area (Å²) in [6, 6.07) is 13.4. The highest BCUT2D eigenvalue weighted by Crippen LogP contribution is 2.38. The van der Waals surface area contributed by atoms with Crippen molar-refractivity contribution in [3.63, 3.8) is 0 Å². The molecule has 0 aliphatic carbocycles. The predicted molar refractivity (Wildman–Crippen MR) is 101 cm³/mol. The topological polar surface area (TPSA) is 75.0 Å². The number of ketones is 1. The Hall–Kier alpha value is -3.80. The van der Waals surface area contributed by atoms with E-state index in [1.54, 1.807) is 49.4 Å². The molecular weight excluding hydrogens is 360 g/mol. The Morgan fingerprint density at radius 1 is 1.11 bits per heavy atom. The van der Waals surface area contributed by atoms with Crippen LogP contribution in [0.25, 0.3) is 6.08 Å². The van der Waals surface area contributed by atoms with Crippen molar-refractivity contribution in [2.45, 2.75) is 6.92 Å². The van der Waals surface area contributed by atoms with Gasteiger partial charge in [0.1, 0.15) is 28.6 Å². The van der Waals surface area contributed by atoms with Gasteiger partial charge in [0.05, 0.1) is 18.9 Å². The van der Waals surface area contributed by atoms with Crippen LogP contribution in [0.3, 0.4) is 0 Å². The number of Topliss-reactive ketones (excluding diaryl/α,β-unsaturated/α-hetero) is 1. The van der Waals surface area contributed by atoms with Gasteiger partial charge in [0.25, 0.3) is 0 Å². The number of fused-ring (bicyclic) bond motifs is 1. The number of aryl methyl sites for hydroxylation is 1. The second kappa shape index (κ2) is 7.08. The molecule has 0 spiro atoms. The van der Waals surface area contributed by atoms with E-state index in [-0.39, 0.29) is 17.3 Å². The predicted octanol–water partition coefficient (Wildman–Crippen LogP) is 4.43. The minimum Gasteiger partial charge on any atom is -0.496 e. The van der Waals surface area contributed by atoms with Gasteiger partial charge in [-0.25, -0.2) is 4.79 Å². The third-order valence-corrected chi connectivity index (χ3v) is 4.30. The van der Waals surface area contributed by atoms with Crippen LogP contribution < -0.4 is 14.2 Å². The number of rotatable bonds is 4. The zero-order valence-corrected chi connectivity index (χ0v) is 15.2. The number of hydrogen-bond donors (Lipinski definition) is 0. The highest BCUT2D eigenvalue weighted by atomic mass is 16.5. The summed E-state index contributed by atoms with van der Waals surface area (Å²) in [5.74, 6) is 0.891. The van der Waals surface area contributed by atoms with Crippen molar-refractivity contribution < 1.29 is 28.2 Å². The molecule has 1 aliphatic rings. The van der Waals surface area contributed by atoms with Crippen LogP contribution in [0.1, 0.15) is 32.0 Å². The molecule has 2 heterocycles. The lowest BCUT2D eigenvalue weighted by Gasteiger charge is -2.10. The number of benzene rings is 2. The maximum absolute atomic E-state index is 12.6. The summed E-state index contributed by atoms with van der Waals surface area (Å²) >= 11 is 0. The molecule has 0 N–H and O–H groups in total. The normalized spacial score (nSPS) is 13.9. The molecule has 0 amide bonds. The van der Waals surface area contributed by atoms with Crippen molar-refractivity contribution >= 4 is 17.8 Å². The molecule has 0 saturated heterocycles. The van der Waals surface area contributed by atoms with Gasteiger partial charge in [-0.05, 0) is 42.8 Å². The summed E-state index contributed by atoms with van der Waals surface area (Å²) in [5.41, 5.74) is 1.39. The summed E-state index contributed by atoms with van der Waals surface area (Å²) in [7, 11) is 1.48. The van der Waals surface area contributed by atoms with Crippen molar-refractivity contribution in [3.05, 3.63) is 83.0 Å². The quantitative estimate of drug-likeness (QED) is 0.381. The number of carbonyl (C=O) groups excluding carboxylic acids is 2. The zero-order valence-electron chi connectivity index (χ0n) is 15.2. The fourth-order valence-corrected chi connectivity index (χ4v) is 3.01. The molecule has 0 saturated carbocycles. The van der Waals surface area contributed by atoms with Gasteiger partial charge in [-0.1, -0.05) is 12.1 Å². The summed E-state index contributed by atoms with van der Waals surface area (Å²) in [6.45, 7) is 1.76. The standard InChI is InChI=1S/C22H16O6/c1-13-10-15(27-22(24)16-7-3-4-8-17(16)25-2)12-18-20(13)21(23)19(28-18)11-14-6-5-9-26-14/h3-12H,1-2H3/b19-11-. The number of para-hydroxylation sites is 1. The fourth-order valence-electron chi connectivity index (χ4n) is 3.01. The molecule has 3 aromatic rings. The minimum atomic E-state index is -0.563. The Morgan fingerprint density at radius 3 is 2.68 bits per heavy atom. The van der Waals surface area contributed by atoms with Gasteiger partial charge in [0, 0.05) is 12.1 Å². The first-order valence-electron chi connectivity index (χ1n) is 8.54. The van der Waals surface area contributed by atoms with E-state index in [9.17, 15) is 9.59 Å². The monoisotopic (exact) mass is 376 g/mol. The molecule has 1 aliphatic heterocycles. The number of hydrogen-bond acceptors (Lipinski definition) is 6. The van der Waals surface area contributed by atoms with Gasteiger partial charge >= 0.3 is 5.97 Å². The van der Waals surface area contributed by atoms with Crippen LogP contribution in [0.5, 0.6) is 17.2 Å². The summed E-state index contributed by atoms with van der Waals surface area (Å²) in [4.78, 5) is 25.1.